The van der Waals surface area contributed by atoms with Gasteiger partial charge in [0.2, 0.25) is 0 Å². The maximum Gasteiger partial charge on any atom is 0.255 e. The van der Waals surface area contributed by atoms with Crippen molar-refractivity contribution in [2.24, 2.45) is 0 Å². The lowest BCUT2D eigenvalue weighted by Crippen LogP contribution is -2.26. The molecule has 0 saturated carbocycles. The maximum absolute atomic E-state index is 11.9. The summed E-state index contributed by atoms with van der Waals surface area (Å²) in [6.07, 6.45) is 4.59. The Morgan fingerprint density at radius 2 is 2.44 bits per heavy atom. The molecule has 1 N–H and O–H groups in total. The third kappa shape index (κ3) is 2.22. The predicted molar refractivity (Wildman–Crippen MR) is 56.4 cm³/mol. The number of hydrogen-bond donors (Lipinski definition) is 1. The van der Waals surface area contributed by atoms with E-state index in [1.165, 1.54) is 6.33 Å². The monoisotopic (exact) mass is 217 g/mol. The van der Waals surface area contributed by atoms with E-state index < -0.39 is 0 Å². The number of rotatable bonds is 3. The van der Waals surface area contributed by atoms with Crippen molar-refractivity contribution in [1.29, 1.82) is 0 Å². The molecule has 0 atom stereocenters. The summed E-state index contributed by atoms with van der Waals surface area (Å²) in [5.74, 6) is 0.559. The van der Waals surface area contributed by atoms with E-state index in [1.54, 1.807) is 36.5 Å². The van der Waals surface area contributed by atoms with Crippen molar-refractivity contribution in [1.82, 2.24) is 25.1 Å². The van der Waals surface area contributed by atoms with Gasteiger partial charge in [-0.05, 0) is 12.1 Å². The fraction of sp³-hybridized carbons (Fsp3) is 0.200. The van der Waals surface area contributed by atoms with Crippen molar-refractivity contribution in [3.05, 3.63) is 42.2 Å². The number of aromatic amines is 1. The van der Waals surface area contributed by atoms with Gasteiger partial charge in [0.15, 0.2) is 0 Å². The van der Waals surface area contributed by atoms with Crippen LogP contribution in [0.1, 0.15) is 16.2 Å². The van der Waals surface area contributed by atoms with Gasteiger partial charge in [-0.3, -0.25) is 14.9 Å². The molecule has 0 aromatic carbocycles. The Kier molecular flexibility index (Phi) is 2.90. The van der Waals surface area contributed by atoms with Gasteiger partial charge in [-0.1, -0.05) is 0 Å². The van der Waals surface area contributed by atoms with Crippen LogP contribution in [0.4, 0.5) is 0 Å². The van der Waals surface area contributed by atoms with Gasteiger partial charge in [-0.25, -0.2) is 4.98 Å². The molecule has 0 aliphatic rings. The largest absolute Gasteiger partial charge is 0.334 e. The van der Waals surface area contributed by atoms with Crippen LogP contribution in [0.15, 0.2) is 30.9 Å². The van der Waals surface area contributed by atoms with E-state index in [2.05, 4.69) is 20.2 Å². The summed E-state index contributed by atoms with van der Waals surface area (Å²) >= 11 is 0. The summed E-state index contributed by atoms with van der Waals surface area (Å²) in [5, 5.41) is 6.42. The lowest BCUT2D eigenvalue weighted by atomic mass is 10.2. The van der Waals surface area contributed by atoms with Crippen LogP contribution in [0.5, 0.6) is 0 Å². The second-order valence-corrected chi connectivity index (χ2v) is 3.34. The standard InChI is InChI=1S/C10H11N5O/c1-15(6-9-12-7-13-14-9)10(16)8-3-2-4-11-5-8/h2-5,7H,6H2,1H3,(H,12,13,14). The highest BCUT2D eigenvalue weighted by molar-refractivity contribution is 5.93. The quantitative estimate of drug-likeness (QED) is 0.811. The minimum Gasteiger partial charge on any atom is -0.334 e. The van der Waals surface area contributed by atoms with Crippen molar-refractivity contribution < 1.29 is 4.79 Å². The molecule has 16 heavy (non-hydrogen) atoms. The molecule has 0 saturated heterocycles. The Balaban J connectivity index is 2.05. The lowest BCUT2D eigenvalue weighted by molar-refractivity contribution is 0.0781. The Morgan fingerprint density at radius 1 is 1.56 bits per heavy atom. The first-order chi connectivity index (χ1) is 7.77. The number of hydrogen-bond acceptors (Lipinski definition) is 4. The number of amides is 1. The zero-order valence-corrected chi connectivity index (χ0v) is 8.79. The van der Waals surface area contributed by atoms with E-state index >= 15 is 0 Å². The van der Waals surface area contributed by atoms with Crippen molar-refractivity contribution in [2.75, 3.05) is 7.05 Å². The van der Waals surface area contributed by atoms with Crippen LogP contribution < -0.4 is 0 Å². The minimum absolute atomic E-state index is 0.0931. The van der Waals surface area contributed by atoms with Gasteiger partial charge >= 0.3 is 0 Å². The average Bonchev–Trinajstić information content (AvgIpc) is 2.82. The Bertz CT molecular complexity index is 453. The first-order valence-corrected chi connectivity index (χ1v) is 4.77. The summed E-state index contributed by atoms with van der Waals surface area (Å²) in [7, 11) is 1.71. The predicted octanol–water partition coefficient (Wildman–Crippen LogP) is 0.472. The van der Waals surface area contributed by atoms with Crippen molar-refractivity contribution in [3.8, 4) is 0 Å². The highest BCUT2D eigenvalue weighted by Crippen LogP contribution is 2.03. The number of carbonyl (C=O) groups is 1. The molecule has 0 spiro atoms. The SMILES string of the molecule is CN(Cc1ncn[nH]1)C(=O)c1cccnc1. The first-order valence-electron chi connectivity index (χ1n) is 4.77. The van der Waals surface area contributed by atoms with Crippen molar-refractivity contribution in [3.63, 3.8) is 0 Å². The van der Waals surface area contributed by atoms with Crippen LogP contribution >= 0.6 is 0 Å². The van der Waals surface area contributed by atoms with Crippen LogP contribution in [0.2, 0.25) is 0 Å². The molecule has 0 fully saturated rings. The summed E-state index contributed by atoms with van der Waals surface area (Å²) in [6, 6.07) is 3.46. The van der Waals surface area contributed by atoms with E-state index in [4.69, 9.17) is 0 Å². The number of carbonyl (C=O) groups excluding carboxylic acids is 1. The molecule has 2 aromatic heterocycles. The van der Waals surface area contributed by atoms with Gasteiger partial charge in [-0.15, -0.1) is 0 Å². The molecular weight excluding hydrogens is 206 g/mol. The number of pyridine rings is 1. The zero-order chi connectivity index (χ0) is 11.4. The van der Waals surface area contributed by atoms with Gasteiger partial charge in [0.25, 0.3) is 5.91 Å². The molecular formula is C10H11N5O. The van der Waals surface area contributed by atoms with Gasteiger partial charge in [0.1, 0.15) is 12.2 Å². The molecule has 1 amide bonds. The molecule has 6 heteroatoms. The van der Waals surface area contributed by atoms with Crippen LogP contribution in [-0.2, 0) is 6.54 Å². The molecule has 0 unspecified atom stereocenters. The van der Waals surface area contributed by atoms with Crippen molar-refractivity contribution >= 4 is 5.91 Å². The minimum atomic E-state index is -0.0931. The molecule has 0 aliphatic carbocycles. The van der Waals surface area contributed by atoms with Crippen LogP contribution in [0, 0.1) is 0 Å². The molecule has 82 valence electrons. The molecule has 0 bridgehead atoms. The summed E-state index contributed by atoms with van der Waals surface area (Å²) < 4.78 is 0. The maximum atomic E-state index is 11.9. The Morgan fingerprint density at radius 3 is 3.06 bits per heavy atom. The molecule has 2 rings (SSSR count). The second-order valence-electron chi connectivity index (χ2n) is 3.34. The second kappa shape index (κ2) is 4.52. The van der Waals surface area contributed by atoms with E-state index in [1.807, 2.05) is 0 Å². The molecule has 2 heterocycles. The van der Waals surface area contributed by atoms with Gasteiger partial charge in [-0.2, -0.15) is 5.10 Å². The topological polar surface area (TPSA) is 74.8 Å². The molecule has 6 nitrogen and oxygen atoms in total. The van der Waals surface area contributed by atoms with Crippen molar-refractivity contribution in [2.45, 2.75) is 6.54 Å². The molecule has 0 aliphatic heterocycles. The Labute approximate surface area is 92.3 Å². The van der Waals surface area contributed by atoms with E-state index in [0.717, 1.165) is 0 Å². The first kappa shape index (κ1) is 10.3. The number of nitrogens with one attached hydrogen (secondary N) is 1. The van der Waals surface area contributed by atoms with E-state index in [-0.39, 0.29) is 5.91 Å². The highest BCUT2D eigenvalue weighted by atomic mass is 16.2. The molecule has 2 aromatic rings. The molecule has 0 radical (unpaired) electrons. The van der Waals surface area contributed by atoms with Gasteiger partial charge in [0.05, 0.1) is 12.1 Å². The van der Waals surface area contributed by atoms with E-state index in [0.29, 0.717) is 17.9 Å². The number of nitrogens with zero attached hydrogens (tertiary/aromatic N) is 4. The van der Waals surface area contributed by atoms with Crippen LogP contribution in [0.3, 0.4) is 0 Å². The normalized spacial score (nSPS) is 10.1. The van der Waals surface area contributed by atoms with Gasteiger partial charge < -0.3 is 4.90 Å². The summed E-state index contributed by atoms with van der Waals surface area (Å²) in [4.78, 5) is 21.3. The number of H-pyrrole nitrogens is 1. The number of aromatic nitrogens is 4. The van der Waals surface area contributed by atoms with Crippen LogP contribution in [0.25, 0.3) is 0 Å². The zero-order valence-electron chi connectivity index (χ0n) is 8.79. The highest BCUT2D eigenvalue weighted by Gasteiger charge is 2.12. The smallest absolute Gasteiger partial charge is 0.255 e. The summed E-state index contributed by atoms with van der Waals surface area (Å²) in [6.45, 7) is 0.397. The fourth-order valence-electron chi connectivity index (χ4n) is 1.31. The Hall–Kier alpha value is -2.24. The average molecular weight is 217 g/mol. The van der Waals surface area contributed by atoms with E-state index in [9.17, 15) is 4.79 Å². The third-order valence-corrected chi connectivity index (χ3v) is 2.11. The fourth-order valence-corrected chi connectivity index (χ4v) is 1.31. The van der Waals surface area contributed by atoms with Crippen LogP contribution in [-0.4, -0.2) is 38.0 Å². The summed E-state index contributed by atoms with van der Waals surface area (Å²) in [5.41, 5.74) is 0.560. The third-order valence-electron chi connectivity index (χ3n) is 2.11. The van der Waals surface area contributed by atoms with Gasteiger partial charge in [0, 0.05) is 19.4 Å². The lowest BCUT2D eigenvalue weighted by Gasteiger charge is -2.14.